The minimum absolute atomic E-state index is 0.139. The second-order valence-corrected chi connectivity index (χ2v) is 8.01. The van der Waals surface area contributed by atoms with E-state index in [0.29, 0.717) is 19.1 Å². The van der Waals surface area contributed by atoms with Crippen LogP contribution in [0.5, 0.6) is 0 Å². The van der Waals surface area contributed by atoms with Gasteiger partial charge in [-0.3, -0.25) is 4.79 Å². The van der Waals surface area contributed by atoms with Crippen molar-refractivity contribution in [3.8, 4) is 11.3 Å². The smallest absolute Gasteiger partial charge is 0.251 e. The number of likely N-dealkylation sites (tertiary alicyclic amines) is 1. The molecule has 2 aliphatic rings. The van der Waals surface area contributed by atoms with Crippen molar-refractivity contribution in [3.05, 3.63) is 41.6 Å². The molecule has 0 unspecified atom stereocenters. The van der Waals surface area contributed by atoms with Crippen molar-refractivity contribution < 1.29 is 9.53 Å². The van der Waals surface area contributed by atoms with E-state index >= 15 is 0 Å². The number of amides is 1. The number of aryl methyl sites for hydroxylation is 1. The summed E-state index contributed by atoms with van der Waals surface area (Å²) in [4.78, 5) is 26.1. The highest BCUT2D eigenvalue weighted by atomic mass is 16.5. The first kappa shape index (κ1) is 18.9. The molecule has 0 radical (unpaired) electrons. The zero-order chi connectivity index (χ0) is 19.7. The Morgan fingerprint density at radius 3 is 2.64 bits per heavy atom. The van der Waals surface area contributed by atoms with Crippen molar-refractivity contribution in [2.75, 3.05) is 38.7 Å². The van der Waals surface area contributed by atoms with Gasteiger partial charge in [0.25, 0.3) is 5.91 Å². The van der Waals surface area contributed by atoms with E-state index in [1.807, 2.05) is 23.9 Å². The average molecular weight is 380 g/mol. The number of nitrogens with zero attached hydrogens (tertiary/aromatic N) is 4. The highest BCUT2D eigenvalue weighted by Crippen LogP contribution is 2.31. The summed E-state index contributed by atoms with van der Waals surface area (Å²) in [6.07, 6.45) is 2.50. The Morgan fingerprint density at radius 2 is 1.96 bits per heavy atom. The maximum atomic E-state index is 12.7. The van der Waals surface area contributed by atoms with Gasteiger partial charge >= 0.3 is 0 Å². The Labute approximate surface area is 166 Å². The summed E-state index contributed by atoms with van der Waals surface area (Å²) in [5.74, 6) is 1.08. The molecule has 2 aliphatic heterocycles. The molecular formula is C22H28N4O2. The fraction of sp³-hybridized carbons (Fsp3) is 0.500. The van der Waals surface area contributed by atoms with E-state index < -0.39 is 0 Å². The molecule has 6 nitrogen and oxygen atoms in total. The largest absolute Gasteiger partial charge is 0.368 e. The van der Waals surface area contributed by atoms with Gasteiger partial charge in [0.1, 0.15) is 6.10 Å². The molecule has 2 fully saturated rings. The van der Waals surface area contributed by atoms with Gasteiger partial charge in [0.2, 0.25) is 5.95 Å². The number of carbonyl (C=O) groups excluding carboxylic acids is 1. The summed E-state index contributed by atoms with van der Waals surface area (Å²) in [7, 11) is 3.92. The Kier molecular flexibility index (Phi) is 5.31. The Morgan fingerprint density at radius 1 is 1.18 bits per heavy atom. The van der Waals surface area contributed by atoms with Crippen LogP contribution in [-0.4, -0.2) is 60.7 Å². The minimum Gasteiger partial charge on any atom is -0.368 e. The number of hydrogen-bond donors (Lipinski definition) is 0. The van der Waals surface area contributed by atoms with Crippen LogP contribution in [0, 0.1) is 6.92 Å². The summed E-state index contributed by atoms with van der Waals surface area (Å²) < 4.78 is 5.58. The number of hydrogen-bond acceptors (Lipinski definition) is 5. The van der Waals surface area contributed by atoms with Crippen LogP contribution in [0.3, 0.4) is 0 Å². The number of rotatable bonds is 4. The molecular weight excluding hydrogens is 352 g/mol. The predicted octanol–water partition coefficient (Wildman–Crippen LogP) is 3.01. The monoisotopic (exact) mass is 380 g/mol. The molecule has 1 amide bonds. The van der Waals surface area contributed by atoms with Crippen LogP contribution < -0.4 is 4.90 Å². The highest BCUT2D eigenvalue weighted by Gasteiger charge is 2.34. The van der Waals surface area contributed by atoms with Gasteiger partial charge < -0.3 is 14.5 Å². The molecule has 1 aromatic carbocycles. The fourth-order valence-corrected chi connectivity index (χ4v) is 3.91. The van der Waals surface area contributed by atoms with Gasteiger partial charge in [-0.25, -0.2) is 9.97 Å². The van der Waals surface area contributed by atoms with Crippen LogP contribution in [0.2, 0.25) is 0 Å². The van der Waals surface area contributed by atoms with Crippen LogP contribution in [0.4, 0.5) is 5.95 Å². The van der Waals surface area contributed by atoms with Crippen molar-refractivity contribution in [3.63, 3.8) is 0 Å². The second-order valence-electron chi connectivity index (χ2n) is 8.01. The fourth-order valence-electron chi connectivity index (χ4n) is 3.91. The standard InChI is InChI=1S/C22H28N4O2/c1-15-6-8-16(9-7-15)18-13-19(24-22(23-18)25(2)3)17-10-11-26(14-17)21(27)20-5-4-12-28-20/h6-9,13,17,20H,4-5,10-12,14H2,1-3H3/t17-,20+/m1/s1. The van der Waals surface area contributed by atoms with E-state index in [1.165, 1.54) is 5.56 Å². The normalized spacial score (nSPS) is 21.9. The molecule has 1 aromatic heterocycles. The molecule has 148 valence electrons. The van der Waals surface area contributed by atoms with Gasteiger partial charge in [-0.05, 0) is 32.3 Å². The van der Waals surface area contributed by atoms with Crippen LogP contribution in [-0.2, 0) is 9.53 Å². The van der Waals surface area contributed by atoms with E-state index in [9.17, 15) is 4.79 Å². The third-order valence-corrected chi connectivity index (χ3v) is 5.60. The molecule has 2 aromatic rings. The maximum absolute atomic E-state index is 12.7. The van der Waals surface area contributed by atoms with Crippen molar-refractivity contribution in [2.24, 2.45) is 0 Å². The van der Waals surface area contributed by atoms with Gasteiger partial charge in [-0.1, -0.05) is 29.8 Å². The molecule has 3 heterocycles. The van der Waals surface area contributed by atoms with Gasteiger partial charge in [0.15, 0.2) is 0 Å². The molecule has 0 aliphatic carbocycles. The first-order chi connectivity index (χ1) is 13.5. The summed E-state index contributed by atoms with van der Waals surface area (Å²) >= 11 is 0. The lowest BCUT2D eigenvalue weighted by molar-refractivity contribution is -0.139. The maximum Gasteiger partial charge on any atom is 0.251 e. The molecule has 0 N–H and O–H groups in total. The quantitative estimate of drug-likeness (QED) is 0.816. The molecule has 2 saturated heterocycles. The van der Waals surface area contributed by atoms with Crippen LogP contribution in [0.1, 0.15) is 36.4 Å². The third kappa shape index (κ3) is 3.87. The Bertz CT molecular complexity index is 844. The average Bonchev–Trinajstić information content (AvgIpc) is 3.40. The lowest BCUT2D eigenvalue weighted by Crippen LogP contribution is -2.37. The van der Waals surface area contributed by atoms with Gasteiger partial charge in [0, 0.05) is 45.3 Å². The lowest BCUT2D eigenvalue weighted by atomic mass is 10.0. The van der Waals surface area contributed by atoms with Gasteiger partial charge in [-0.15, -0.1) is 0 Å². The number of aromatic nitrogens is 2. The van der Waals surface area contributed by atoms with E-state index in [0.717, 1.165) is 42.8 Å². The van der Waals surface area contributed by atoms with E-state index in [1.54, 1.807) is 0 Å². The molecule has 28 heavy (non-hydrogen) atoms. The zero-order valence-corrected chi connectivity index (χ0v) is 16.9. The van der Waals surface area contributed by atoms with Gasteiger partial charge in [-0.2, -0.15) is 0 Å². The van der Waals surface area contributed by atoms with Crippen molar-refractivity contribution in [2.45, 2.75) is 38.2 Å². The molecule has 0 bridgehead atoms. The van der Waals surface area contributed by atoms with E-state index in [-0.39, 0.29) is 17.9 Å². The number of anilines is 1. The minimum atomic E-state index is -0.246. The van der Waals surface area contributed by atoms with E-state index in [4.69, 9.17) is 14.7 Å². The van der Waals surface area contributed by atoms with Crippen LogP contribution in [0.25, 0.3) is 11.3 Å². The summed E-state index contributed by atoms with van der Waals surface area (Å²) in [6.45, 7) is 4.25. The molecule has 2 atom stereocenters. The van der Waals surface area contributed by atoms with Crippen molar-refractivity contribution >= 4 is 11.9 Å². The lowest BCUT2D eigenvalue weighted by Gasteiger charge is -2.20. The van der Waals surface area contributed by atoms with Crippen molar-refractivity contribution in [1.29, 1.82) is 0 Å². The SMILES string of the molecule is Cc1ccc(-c2cc([C@@H]3CCN(C(=O)[C@@H]4CCCO4)C3)nc(N(C)C)n2)cc1. The van der Waals surface area contributed by atoms with E-state index in [2.05, 4.69) is 37.3 Å². The Hall–Kier alpha value is -2.47. The first-order valence-electron chi connectivity index (χ1n) is 10.0. The molecule has 0 spiro atoms. The molecule has 0 saturated carbocycles. The zero-order valence-electron chi connectivity index (χ0n) is 16.9. The predicted molar refractivity (Wildman–Crippen MR) is 109 cm³/mol. The first-order valence-corrected chi connectivity index (χ1v) is 10.0. The summed E-state index contributed by atoms with van der Waals surface area (Å²) in [5, 5.41) is 0. The molecule has 4 rings (SSSR count). The molecule has 6 heteroatoms. The topological polar surface area (TPSA) is 58.6 Å². The summed E-state index contributed by atoms with van der Waals surface area (Å²) in [5.41, 5.74) is 4.25. The Balaban J connectivity index is 1.58. The number of carbonyl (C=O) groups is 1. The third-order valence-electron chi connectivity index (χ3n) is 5.60. The number of ether oxygens (including phenoxy) is 1. The van der Waals surface area contributed by atoms with Crippen LogP contribution >= 0.6 is 0 Å². The highest BCUT2D eigenvalue weighted by molar-refractivity contribution is 5.81. The van der Waals surface area contributed by atoms with Gasteiger partial charge in [0.05, 0.1) is 11.4 Å². The summed E-state index contributed by atoms with van der Waals surface area (Å²) in [6, 6.07) is 10.5. The van der Waals surface area contributed by atoms with Crippen molar-refractivity contribution in [1.82, 2.24) is 14.9 Å². The van der Waals surface area contributed by atoms with Crippen LogP contribution in [0.15, 0.2) is 30.3 Å². The number of benzene rings is 1. The second kappa shape index (κ2) is 7.87.